The molecule has 0 fully saturated rings. The van der Waals surface area contributed by atoms with Crippen LogP contribution in [-0.4, -0.2) is 33.4 Å². The van der Waals surface area contributed by atoms with Crippen molar-refractivity contribution in [1.82, 2.24) is 20.3 Å². The van der Waals surface area contributed by atoms with Gasteiger partial charge in [0.2, 0.25) is 23.1 Å². The van der Waals surface area contributed by atoms with E-state index in [1.54, 1.807) is 6.92 Å². The van der Waals surface area contributed by atoms with Crippen LogP contribution in [0.1, 0.15) is 20.3 Å². The summed E-state index contributed by atoms with van der Waals surface area (Å²) in [4.78, 5) is 22.8. The molecule has 1 rings (SSSR count). The molecule has 8 heteroatoms. The quantitative estimate of drug-likeness (QED) is 0.707. The highest BCUT2D eigenvalue weighted by atomic mass is 35.5. The Morgan fingerprint density at radius 3 is 2.76 bits per heavy atom. The zero-order valence-electron chi connectivity index (χ0n) is 9.70. The van der Waals surface area contributed by atoms with Crippen LogP contribution in [-0.2, 0) is 4.79 Å². The van der Waals surface area contributed by atoms with Gasteiger partial charge in [-0.05, 0) is 24.9 Å². The molecule has 1 atom stereocenters. The van der Waals surface area contributed by atoms with Crippen molar-refractivity contribution in [3.05, 3.63) is 5.28 Å². The maximum absolute atomic E-state index is 11.6. The third-order valence-electron chi connectivity index (χ3n) is 1.91. The number of hydrogen-bond acceptors (Lipinski definition) is 6. The van der Waals surface area contributed by atoms with Crippen LogP contribution in [0.5, 0.6) is 0 Å². The fourth-order valence-electron chi connectivity index (χ4n) is 1.09. The SMILES string of the molecule is CCCNC(=O)C(C)Nc1nc(N)nc(Cl)n1. The Morgan fingerprint density at radius 2 is 2.18 bits per heavy atom. The summed E-state index contributed by atoms with van der Waals surface area (Å²) in [5.41, 5.74) is 5.40. The van der Waals surface area contributed by atoms with E-state index in [0.717, 1.165) is 6.42 Å². The molecule has 0 spiro atoms. The van der Waals surface area contributed by atoms with Crippen molar-refractivity contribution in [2.75, 3.05) is 17.6 Å². The molecule has 0 aliphatic rings. The van der Waals surface area contributed by atoms with E-state index in [0.29, 0.717) is 6.54 Å². The molecule has 0 aliphatic carbocycles. The van der Waals surface area contributed by atoms with Crippen LogP contribution in [0, 0.1) is 0 Å². The summed E-state index contributed by atoms with van der Waals surface area (Å²) in [6.07, 6.45) is 0.878. The normalized spacial score (nSPS) is 11.9. The van der Waals surface area contributed by atoms with Gasteiger partial charge in [0.25, 0.3) is 0 Å². The van der Waals surface area contributed by atoms with Crippen LogP contribution >= 0.6 is 11.6 Å². The zero-order valence-corrected chi connectivity index (χ0v) is 10.5. The van der Waals surface area contributed by atoms with Crippen molar-refractivity contribution < 1.29 is 4.79 Å². The van der Waals surface area contributed by atoms with E-state index in [4.69, 9.17) is 17.3 Å². The molecule has 0 saturated carbocycles. The summed E-state index contributed by atoms with van der Waals surface area (Å²) in [6.45, 7) is 4.30. The number of rotatable bonds is 5. The zero-order chi connectivity index (χ0) is 12.8. The van der Waals surface area contributed by atoms with Crippen LogP contribution in [0.15, 0.2) is 0 Å². The van der Waals surface area contributed by atoms with Crippen LogP contribution in [0.4, 0.5) is 11.9 Å². The fourth-order valence-corrected chi connectivity index (χ4v) is 1.26. The predicted octanol–water partition coefficient (Wildman–Crippen LogP) is 0.434. The number of aromatic nitrogens is 3. The molecule has 1 heterocycles. The van der Waals surface area contributed by atoms with E-state index in [1.165, 1.54) is 0 Å². The Labute approximate surface area is 104 Å². The smallest absolute Gasteiger partial charge is 0.242 e. The Morgan fingerprint density at radius 1 is 1.47 bits per heavy atom. The highest BCUT2D eigenvalue weighted by Gasteiger charge is 2.13. The molecule has 4 N–H and O–H groups in total. The summed E-state index contributed by atoms with van der Waals surface area (Å²) in [5, 5.41) is 5.53. The van der Waals surface area contributed by atoms with E-state index >= 15 is 0 Å². The van der Waals surface area contributed by atoms with Gasteiger partial charge in [-0.15, -0.1) is 0 Å². The van der Waals surface area contributed by atoms with Gasteiger partial charge < -0.3 is 16.4 Å². The first-order valence-electron chi connectivity index (χ1n) is 5.24. The first kappa shape index (κ1) is 13.4. The van der Waals surface area contributed by atoms with E-state index in [-0.39, 0.29) is 23.1 Å². The first-order chi connectivity index (χ1) is 8.02. The lowest BCUT2D eigenvalue weighted by molar-refractivity contribution is -0.121. The number of nitrogens with zero attached hydrogens (tertiary/aromatic N) is 3. The summed E-state index contributed by atoms with van der Waals surface area (Å²) >= 11 is 5.61. The van der Waals surface area contributed by atoms with Crippen molar-refractivity contribution >= 4 is 29.4 Å². The number of amides is 1. The van der Waals surface area contributed by atoms with Crippen LogP contribution in [0.3, 0.4) is 0 Å². The lowest BCUT2D eigenvalue weighted by Gasteiger charge is -2.13. The second-order valence-corrected chi connectivity index (χ2v) is 3.78. The third-order valence-corrected chi connectivity index (χ3v) is 2.08. The maximum atomic E-state index is 11.6. The first-order valence-corrected chi connectivity index (χ1v) is 5.62. The van der Waals surface area contributed by atoms with Crippen molar-refractivity contribution in [2.45, 2.75) is 26.3 Å². The van der Waals surface area contributed by atoms with Gasteiger partial charge in [0.15, 0.2) is 0 Å². The molecule has 1 aromatic heterocycles. The molecule has 7 nitrogen and oxygen atoms in total. The average molecular weight is 259 g/mol. The highest BCUT2D eigenvalue weighted by molar-refractivity contribution is 6.28. The standard InChI is InChI=1S/C9H15ClN6O/c1-3-4-12-6(17)5(2)13-9-15-7(10)14-8(11)16-9/h5H,3-4H2,1-2H3,(H,12,17)(H3,11,13,14,15,16). The number of nitrogen functional groups attached to an aromatic ring is 1. The fraction of sp³-hybridized carbons (Fsp3) is 0.556. The highest BCUT2D eigenvalue weighted by Crippen LogP contribution is 2.07. The lowest BCUT2D eigenvalue weighted by Crippen LogP contribution is -2.38. The number of nitrogens with one attached hydrogen (secondary N) is 2. The topological polar surface area (TPSA) is 106 Å². The summed E-state index contributed by atoms with van der Waals surface area (Å²) in [6, 6.07) is -0.473. The number of halogens is 1. The van der Waals surface area contributed by atoms with Crippen molar-refractivity contribution in [2.24, 2.45) is 0 Å². The molecular weight excluding hydrogens is 244 g/mol. The van der Waals surface area contributed by atoms with Gasteiger partial charge in [0.1, 0.15) is 6.04 Å². The Kier molecular flexibility index (Phi) is 4.89. The number of hydrogen-bond donors (Lipinski definition) is 3. The minimum atomic E-state index is -0.473. The summed E-state index contributed by atoms with van der Waals surface area (Å²) in [7, 11) is 0. The van der Waals surface area contributed by atoms with Crippen LogP contribution in [0.25, 0.3) is 0 Å². The van der Waals surface area contributed by atoms with E-state index in [1.807, 2.05) is 6.92 Å². The number of carbonyl (C=O) groups excluding carboxylic acids is 1. The van der Waals surface area contributed by atoms with Crippen molar-refractivity contribution in [1.29, 1.82) is 0 Å². The molecule has 0 radical (unpaired) electrons. The number of carbonyl (C=O) groups is 1. The van der Waals surface area contributed by atoms with Gasteiger partial charge in [-0.2, -0.15) is 15.0 Å². The van der Waals surface area contributed by atoms with E-state index < -0.39 is 6.04 Å². The van der Waals surface area contributed by atoms with Crippen molar-refractivity contribution in [3.63, 3.8) is 0 Å². The summed E-state index contributed by atoms with van der Waals surface area (Å²) in [5.74, 6) is 0.0530. The van der Waals surface area contributed by atoms with Gasteiger partial charge in [-0.25, -0.2) is 0 Å². The van der Waals surface area contributed by atoms with Crippen LogP contribution < -0.4 is 16.4 Å². The third kappa shape index (κ3) is 4.39. The second-order valence-electron chi connectivity index (χ2n) is 3.44. The minimum absolute atomic E-state index is 0.00802. The van der Waals surface area contributed by atoms with Crippen LogP contribution in [0.2, 0.25) is 5.28 Å². The van der Waals surface area contributed by atoms with Gasteiger partial charge in [0.05, 0.1) is 0 Å². The second kappa shape index (κ2) is 6.19. The Hall–Kier alpha value is -1.63. The molecule has 17 heavy (non-hydrogen) atoms. The van der Waals surface area contributed by atoms with Crippen molar-refractivity contribution in [3.8, 4) is 0 Å². The maximum Gasteiger partial charge on any atom is 0.242 e. The Bertz CT molecular complexity index is 379. The van der Waals surface area contributed by atoms with Gasteiger partial charge in [-0.3, -0.25) is 4.79 Å². The lowest BCUT2D eigenvalue weighted by atomic mass is 10.3. The van der Waals surface area contributed by atoms with E-state index in [2.05, 4.69) is 25.6 Å². The minimum Gasteiger partial charge on any atom is -0.368 e. The Balaban J connectivity index is 2.60. The predicted molar refractivity (Wildman–Crippen MR) is 65.6 cm³/mol. The number of anilines is 2. The van der Waals surface area contributed by atoms with Gasteiger partial charge in [-0.1, -0.05) is 6.92 Å². The molecular formula is C9H15ClN6O. The molecule has 1 unspecified atom stereocenters. The summed E-state index contributed by atoms with van der Waals surface area (Å²) < 4.78 is 0. The monoisotopic (exact) mass is 258 g/mol. The number of nitrogens with two attached hydrogens (primary N) is 1. The molecule has 0 aliphatic heterocycles. The average Bonchev–Trinajstić information content (AvgIpc) is 2.24. The van der Waals surface area contributed by atoms with Gasteiger partial charge in [0, 0.05) is 6.54 Å². The largest absolute Gasteiger partial charge is 0.368 e. The molecule has 0 aromatic carbocycles. The molecule has 1 aromatic rings. The molecule has 1 amide bonds. The molecule has 0 bridgehead atoms. The van der Waals surface area contributed by atoms with Gasteiger partial charge >= 0.3 is 0 Å². The van der Waals surface area contributed by atoms with E-state index in [9.17, 15) is 4.79 Å². The molecule has 0 saturated heterocycles. The molecule has 94 valence electrons.